The van der Waals surface area contributed by atoms with Crippen molar-refractivity contribution < 1.29 is 8.78 Å². The van der Waals surface area contributed by atoms with Gasteiger partial charge in [0.05, 0.1) is 0 Å². The van der Waals surface area contributed by atoms with Crippen molar-refractivity contribution in [3.8, 4) is 0 Å². The molecular formula is C13H18F2N2. The Hall–Kier alpha value is -1.00. The molecule has 1 aromatic rings. The van der Waals surface area contributed by atoms with E-state index in [1.165, 1.54) is 12.1 Å². The van der Waals surface area contributed by atoms with E-state index < -0.39 is 6.43 Å². The molecule has 0 spiro atoms. The zero-order chi connectivity index (χ0) is 12.3. The lowest BCUT2D eigenvalue weighted by atomic mass is 10.1. The lowest BCUT2D eigenvalue weighted by Crippen LogP contribution is -2.29. The van der Waals surface area contributed by atoms with Crippen molar-refractivity contribution in [1.29, 1.82) is 0 Å². The SMILES string of the molecule is CNC1CCN(Cc2ccc(C(F)F)cc2)C1. The second-order valence-corrected chi connectivity index (χ2v) is 4.55. The highest BCUT2D eigenvalue weighted by atomic mass is 19.3. The molecule has 0 aromatic heterocycles. The summed E-state index contributed by atoms with van der Waals surface area (Å²) in [6.07, 6.45) is -1.21. The summed E-state index contributed by atoms with van der Waals surface area (Å²) in [7, 11) is 1.98. The topological polar surface area (TPSA) is 15.3 Å². The molecule has 1 aliphatic heterocycles. The molecule has 0 bridgehead atoms. The standard InChI is InChI=1S/C13H18F2N2/c1-16-12-6-7-17(9-12)8-10-2-4-11(5-3-10)13(14)15/h2-5,12-13,16H,6-9H2,1H3. The summed E-state index contributed by atoms with van der Waals surface area (Å²) >= 11 is 0. The molecule has 1 aliphatic rings. The van der Waals surface area contributed by atoms with Crippen LogP contribution < -0.4 is 5.32 Å². The van der Waals surface area contributed by atoms with Gasteiger partial charge in [0.15, 0.2) is 0 Å². The summed E-state index contributed by atoms with van der Waals surface area (Å²) in [6.45, 7) is 2.96. The third-order valence-corrected chi connectivity index (χ3v) is 3.32. The van der Waals surface area contributed by atoms with Gasteiger partial charge in [-0.05, 0) is 19.0 Å². The molecule has 2 rings (SSSR count). The van der Waals surface area contributed by atoms with Crippen LogP contribution in [0.15, 0.2) is 24.3 Å². The minimum absolute atomic E-state index is 0.100. The van der Waals surface area contributed by atoms with Crippen LogP contribution in [0.3, 0.4) is 0 Å². The van der Waals surface area contributed by atoms with Gasteiger partial charge in [-0.2, -0.15) is 0 Å². The van der Waals surface area contributed by atoms with Crippen molar-refractivity contribution in [3.05, 3.63) is 35.4 Å². The number of nitrogens with one attached hydrogen (secondary N) is 1. The van der Waals surface area contributed by atoms with E-state index in [2.05, 4.69) is 10.2 Å². The second kappa shape index (κ2) is 5.56. The third kappa shape index (κ3) is 3.23. The Morgan fingerprint density at radius 2 is 2.06 bits per heavy atom. The number of hydrogen-bond acceptors (Lipinski definition) is 2. The first kappa shape index (κ1) is 12.5. The van der Waals surface area contributed by atoms with E-state index in [0.717, 1.165) is 31.6 Å². The molecule has 0 radical (unpaired) electrons. The molecule has 2 nitrogen and oxygen atoms in total. The first-order chi connectivity index (χ1) is 8.19. The highest BCUT2D eigenvalue weighted by Gasteiger charge is 2.20. The largest absolute Gasteiger partial charge is 0.316 e. The second-order valence-electron chi connectivity index (χ2n) is 4.55. The maximum absolute atomic E-state index is 12.4. The van der Waals surface area contributed by atoms with Gasteiger partial charge in [0.1, 0.15) is 0 Å². The van der Waals surface area contributed by atoms with E-state index in [0.29, 0.717) is 6.04 Å². The van der Waals surface area contributed by atoms with Crippen molar-refractivity contribution in [1.82, 2.24) is 10.2 Å². The first-order valence-corrected chi connectivity index (χ1v) is 5.95. The molecule has 4 heteroatoms. The van der Waals surface area contributed by atoms with E-state index in [-0.39, 0.29) is 5.56 Å². The fraction of sp³-hybridized carbons (Fsp3) is 0.538. The smallest absolute Gasteiger partial charge is 0.263 e. The van der Waals surface area contributed by atoms with Gasteiger partial charge in [-0.15, -0.1) is 0 Å². The summed E-state index contributed by atoms with van der Waals surface area (Å²) in [5.41, 5.74) is 1.20. The summed E-state index contributed by atoms with van der Waals surface area (Å²) in [4.78, 5) is 2.35. The molecule has 0 aliphatic carbocycles. The Kier molecular flexibility index (Phi) is 4.07. The van der Waals surface area contributed by atoms with Gasteiger partial charge in [0.25, 0.3) is 6.43 Å². The third-order valence-electron chi connectivity index (χ3n) is 3.32. The fourth-order valence-corrected chi connectivity index (χ4v) is 2.24. The molecule has 17 heavy (non-hydrogen) atoms. The monoisotopic (exact) mass is 240 g/mol. The van der Waals surface area contributed by atoms with Crippen molar-refractivity contribution in [3.63, 3.8) is 0 Å². The molecule has 1 fully saturated rings. The van der Waals surface area contributed by atoms with Crippen LogP contribution in [0.25, 0.3) is 0 Å². The van der Waals surface area contributed by atoms with Crippen LogP contribution in [0.2, 0.25) is 0 Å². The van der Waals surface area contributed by atoms with Crippen LogP contribution in [-0.4, -0.2) is 31.1 Å². The van der Waals surface area contributed by atoms with Gasteiger partial charge in [0.2, 0.25) is 0 Å². The van der Waals surface area contributed by atoms with Crippen LogP contribution >= 0.6 is 0 Å². The van der Waals surface area contributed by atoms with Crippen molar-refractivity contribution >= 4 is 0 Å². The number of nitrogens with zero attached hydrogens (tertiary/aromatic N) is 1. The van der Waals surface area contributed by atoms with Crippen LogP contribution in [0, 0.1) is 0 Å². The highest BCUT2D eigenvalue weighted by molar-refractivity contribution is 5.23. The highest BCUT2D eigenvalue weighted by Crippen LogP contribution is 2.20. The van der Waals surface area contributed by atoms with Gasteiger partial charge in [-0.25, -0.2) is 8.78 Å². The van der Waals surface area contributed by atoms with E-state index in [9.17, 15) is 8.78 Å². The number of rotatable bonds is 4. The number of alkyl halides is 2. The average Bonchev–Trinajstić information content (AvgIpc) is 2.77. The van der Waals surface area contributed by atoms with Gasteiger partial charge < -0.3 is 5.32 Å². The number of likely N-dealkylation sites (N-methyl/N-ethyl adjacent to an activating group) is 1. The maximum atomic E-state index is 12.4. The van der Waals surface area contributed by atoms with Gasteiger partial charge in [-0.3, -0.25) is 4.90 Å². The van der Waals surface area contributed by atoms with Crippen molar-refractivity contribution in [2.45, 2.75) is 25.4 Å². The Bertz CT molecular complexity index is 351. The maximum Gasteiger partial charge on any atom is 0.263 e. The lowest BCUT2D eigenvalue weighted by Gasteiger charge is -2.16. The normalized spacial score (nSPS) is 21.3. The number of hydrogen-bond donors (Lipinski definition) is 1. The molecule has 1 heterocycles. The molecule has 1 unspecified atom stereocenters. The summed E-state index contributed by atoms with van der Waals surface area (Å²) in [5, 5.41) is 3.26. The van der Waals surface area contributed by atoms with E-state index >= 15 is 0 Å². The van der Waals surface area contributed by atoms with Crippen molar-refractivity contribution in [2.24, 2.45) is 0 Å². The predicted molar refractivity (Wildman–Crippen MR) is 64.1 cm³/mol. The van der Waals surface area contributed by atoms with Gasteiger partial charge in [-0.1, -0.05) is 24.3 Å². The molecule has 1 aromatic carbocycles. The Balaban J connectivity index is 1.91. The van der Waals surface area contributed by atoms with Crippen LogP contribution in [0.5, 0.6) is 0 Å². The molecule has 0 saturated carbocycles. The lowest BCUT2D eigenvalue weighted by molar-refractivity contribution is 0.151. The van der Waals surface area contributed by atoms with Crippen LogP contribution in [0.1, 0.15) is 24.0 Å². The predicted octanol–water partition coefficient (Wildman–Crippen LogP) is 2.42. The average molecular weight is 240 g/mol. The molecule has 1 N–H and O–H groups in total. The zero-order valence-corrected chi connectivity index (χ0v) is 10.00. The van der Waals surface area contributed by atoms with E-state index in [1.807, 2.05) is 7.05 Å². The molecule has 0 amide bonds. The van der Waals surface area contributed by atoms with E-state index in [4.69, 9.17) is 0 Å². The van der Waals surface area contributed by atoms with Gasteiger partial charge in [0, 0.05) is 31.2 Å². The molecule has 1 saturated heterocycles. The number of halogens is 2. The van der Waals surface area contributed by atoms with Crippen molar-refractivity contribution in [2.75, 3.05) is 20.1 Å². The van der Waals surface area contributed by atoms with Crippen LogP contribution in [-0.2, 0) is 6.54 Å². The molecule has 94 valence electrons. The van der Waals surface area contributed by atoms with Crippen LogP contribution in [0.4, 0.5) is 8.78 Å². The summed E-state index contributed by atoms with van der Waals surface area (Å²) < 4.78 is 24.8. The first-order valence-electron chi connectivity index (χ1n) is 5.95. The Labute approximate surface area is 101 Å². The summed E-state index contributed by atoms with van der Waals surface area (Å²) in [6, 6.07) is 7.20. The van der Waals surface area contributed by atoms with E-state index in [1.54, 1.807) is 12.1 Å². The molecule has 1 atom stereocenters. The fourth-order valence-electron chi connectivity index (χ4n) is 2.24. The minimum atomic E-state index is -2.37. The number of likely N-dealkylation sites (tertiary alicyclic amines) is 1. The Morgan fingerprint density at radius 1 is 1.35 bits per heavy atom. The number of benzene rings is 1. The minimum Gasteiger partial charge on any atom is -0.316 e. The Morgan fingerprint density at radius 3 is 2.59 bits per heavy atom. The zero-order valence-electron chi connectivity index (χ0n) is 10.00. The summed E-state index contributed by atoms with van der Waals surface area (Å²) in [5.74, 6) is 0. The molecular weight excluding hydrogens is 222 g/mol. The van der Waals surface area contributed by atoms with Gasteiger partial charge >= 0.3 is 0 Å². The quantitative estimate of drug-likeness (QED) is 0.869.